The average molecular weight is 430 g/mol. The molecule has 0 aliphatic carbocycles. The van der Waals surface area contributed by atoms with Gasteiger partial charge in [-0.15, -0.1) is 0 Å². The van der Waals surface area contributed by atoms with Crippen molar-refractivity contribution in [2.24, 2.45) is 4.99 Å². The fourth-order valence-electron chi connectivity index (χ4n) is 3.64. The Labute approximate surface area is 183 Å². The van der Waals surface area contributed by atoms with Crippen molar-refractivity contribution >= 4 is 11.8 Å². The largest absolute Gasteiger partial charge is 0.490 e. The summed E-state index contributed by atoms with van der Waals surface area (Å²) in [6, 6.07) is 9.28. The molecule has 2 heterocycles. The quantitative estimate of drug-likeness (QED) is 0.472. The minimum Gasteiger partial charge on any atom is -0.490 e. The highest BCUT2D eigenvalue weighted by molar-refractivity contribution is 5.80. The van der Waals surface area contributed by atoms with Gasteiger partial charge in [-0.2, -0.15) is 0 Å². The highest BCUT2D eigenvalue weighted by atomic mass is 19.1. The number of hydrogen-bond acceptors (Lipinski definition) is 5. The van der Waals surface area contributed by atoms with Gasteiger partial charge in [-0.25, -0.2) is 9.37 Å². The van der Waals surface area contributed by atoms with Crippen molar-refractivity contribution < 1.29 is 13.9 Å². The number of nitrogens with zero attached hydrogens (tertiary/aromatic N) is 3. The van der Waals surface area contributed by atoms with E-state index in [0.717, 1.165) is 49.0 Å². The fourth-order valence-corrected chi connectivity index (χ4v) is 3.64. The summed E-state index contributed by atoms with van der Waals surface area (Å²) in [6.45, 7) is 7.30. The molecule has 2 N–H and O–H groups in total. The molecule has 1 aliphatic rings. The standard InChI is InChI=1S/C23H32FN5O2/c1-4-30-20-9-8-17(15-21(20)31-5-2)10-13-27-23(25-3)28-18-11-14-29(16-18)22-19(24)7-6-12-26-22/h6-9,12,15,18H,4-5,10-11,13-14,16H2,1-3H3,(H2,25,27,28). The second-order valence-electron chi connectivity index (χ2n) is 7.28. The molecule has 1 atom stereocenters. The number of hydrogen-bond donors (Lipinski definition) is 2. The van der Waals surface area contributed by atoms with Gasteiger partial charge in [-0.1, -0.05) is 6.07 Å². The lowest BCUT2D eigenvalue weighted by atomic mass is 10.1. The third kappa shape index (κ3) is 6.23. The van der Waals surface area contributed by atoms with Crippen LogP contribution < -0.4 is 25.0 Å². The van der Waals surface area contributed by atoms with Crippen LogP contribution in [0.3, 0.4) is 0 Å². The molecule has 0 bridgehead atoms. The summed E-state index contributed by atoms with van der Waals surface area (Å²) < 4.78 is 25.3. The molecule has 7 nitrogen and oxygen atoms in total. The van der Waals surface area contributed by atoms with Crippen molar-refractivity contribution in [1.29, 1.82) is 0 Å². The summed E-state index contributed by atoms with van der Waals surface area (Å²) in [5.74, 6) is 2.41. The normalized spacial score (nSPS) is 16.3. The van der Waals surface area contributed by atoms with E-state index in [1.807, 2.05) is 30.9 Å². The van der Waals surface area contributed by atoms with Crippen LogP contribution in [0.25, 0.3) is 0 Å². The maximum Gasteiger partial charge on any atom is 0.191 e. The Bertz CT molecular complexity index is 877. The molecule has 1 unspecified atom stereocenters. The van der Waals surface area contributed by atoms with Gasteiger partial charge in [0.1, 0.15) is 0 Å². The summed E-state index contributed by atoms with van der Waals surface area (Å²) >= 11 is 0. The molecule has 0 spiro atoms. The number of pyridine rings is 1. The monoisotopic (exact) mass is 429 g/mol. The van der Waals surface area contributed by atoms with Crippen LogP contribution in [0.15, 0.2) is 41.5 Å². The Hall–Kier alpha value is -3.03. The molecular formula is C23H32FN5O2. The first-order valence-corrected chi connectivity index (χ1v) is 10.9. The van der Waals surface area contributed by atoms with Crippen molar-refractivity contribution in [3.05, 3.63) is 47.9 Å². The molecule has 0 amide bonds. The molecule has 1 fully saturated rings. The molecule has 1 aromatic heterocycles. The number of anilines is 1. The van der Waals surface area contributed by atoms with Gasteiger partial charge in [0.05, 0.1) is 13.2 Å². The maximum atomic E-state index is 14.0. The molecule has 1 saturated heterocycles. The van der Waals surface area contributed by atoms with Gasteiger partial charge in [0.15, 0.2) is 29.1 Å². The Morgan fingerprint density at radius 1 is 1.23 bits per heavy atom. The highest BCUT2D eigenvalue weighted by Crippen LogP contribution is 2.28. The van der Waals surface area contributed by atoms with E-state index in [4.69, 9.17) is 9.47 Å². The number of benzene rings is 1. The zero-order valence-electron chi connectivity index (χ0n) is 18.5. The number of rotatable bonds is 9. The molecule has 1 aromatic carbocycles. The lowest BCUT2D eigenvalue weighted by Crippen LogP contribution is -2.45. The number of aromatic nitrogens is 1. The Morgan fingerprint density at radius 2 is 2.03 bits per heavy atom. The van der Waals surface area contributed by atoms with Gasteiger partial charge in [0.2, 0.25) is 0 Å². The lowest BCUT2D eigenvalue weighted by Gasteiger charge is -2.20. The van der Waals surface area contributed by atoms with Crippen LogP contribution in [-0.2, 0) is 6.42 Å². The summed E-state index contributed by atoms with van der Waals surface area (Å²) in [5, 5.41) is 6.79. The van der Waals surface area contributed by atoms with Gasteiger partial charge < -0.3 is 25.0 Å². The molecule has 168 valence electrons. The van der Waals surface area contributed by atoms with E-state index in [0.29, 0.717) is 25.6 Å². The van der Waals surface area contributed by atoms with Gasteiger partial charge in [-0.05, 0) is 56.5 Å². The van der Waals surface area contributed by atoms with Crippen LogP contribution >= 0.6 is 0 Å². The molecule has 0 radical (unpaired) electrons. The van der Waals surface area contributed by atoms with E-state index in [1.54, 1.807) is 19.3 Å². The zero-order chi connectivity index (χ0) is 22.1. The number of halogens is 1. The first kappa shape index (κ1) is 22.7. The van der Waals surface area contributed by atoms with Crippen LogP contribution in [0.4, 0.5) is 10.2 Å². The topological polar surface area (TPSA) is 71.0 Å². The van der Waals surface area contributed by atoms with Crippen LogP contribution in [0.5, 0.6) is 11.5 Å². The summed E-state index contributed by atoms with van der Waals surface area (Å²) in [4.78, 5) is 10.5. The predicted molar refractivity (Wildman–Crippen MR) is 122 cm³/mol. The van der Waals surface area contributed by atoms with E-state index in [9.17, 15) is 4.39 Å². The Kier molecular flexibility index (Phi) is 8.32. The zero-order valence-corrected chi connectivity index (χ0v) is 18.5. The minimum atomic E-state index is -0.285. The van der Waals surface area contributed by atoms with Gasteiger partial charge in [0.25, 0.3) is 0 Å². The summed E-state index contributed by atoms with van der Waals surface area (Å²) in [7, 11) is 1.75. The van der Waals surface area contributed by atoms with Gasteiger partial charge in [0, 0.05) is 38.9 Å². The third-order valence-corrected chi connectivity index (χ3v) is 5.11. The first-order chi connectivity index (χ1) is 15.1. The second kappa shape index (κ2) is 11.4. The Morgan fingerprint density at radius 3 is 2.77 bits per heavy atom. The second-order valence-corrected chi connectivity index (χ2v) is 7.28. The van der Waals surface area contributed by atoms with Crippen molar-refractivity contribution in [3.63, 3.8) is 0 Å². The SMILES string of the molecule is CCOc1ccc(CCNC(=NC)NC2CCN(c3ncccc3F)C2)cc1OCC. The third-order valence-electron chi connectivity index (χ3n) is 5.11. The van der Waals surface area contributed by atoms with Crippen LogP contribution in [-0.4, -0.2) is 56.9 Å². The number of ether oxygens (including phenoxy) is 2. The van der Waals surface area contributed by atoms with E-state index < -0.39 is 0 Å². The molecule has 1 aliphatic heterocycles. The molecule has 0 saturated carbocycles. The molecule has 2 aromatic rings. The molecule has 8 heteroatoms. The van der Waals surface area contributed by atoms with E-state index >= 15 is 0 Å². The van der Waals surface area contributed by atoms with Crippen LogP contribution in [0.1, 0.15) is 25.8 Å². The summed E-state index contributed by atoms with van der Waals surface area (Å²) in [5.41, 5.74) is 1.16. The lowest BCUT2D eigenvalue weighted by molar-refractivity contribution is 0.287. The fraction of sp³-hybridized carbons (Fsp3) is 0.478. The number of aliphatic imine (C=N–C) groups is 1. The predicted octanol–water partition coefficient (Wildman–Crippen LogP) is 3.00. The van der Waals surface area contributed by atoms with Gasteiger partial charge >= 0.3 is 0 Å². The molecule has 3 rings (SSSR count). The van der Waals surface area contributed by atoms with Crippen molar-refractivity contribution in [2.45, 2.75) is 32.7 Å². The maximum absolute atomic E-state index is 14.0. The summed E-state index contributed by atoms with van der Waals surface area (Å²) in [6.07, 6.45) is 3.34. The van der Waals surface area contributed by atoms with E-state index in [-0.39, 0.29) is 11.9 Å². The van der Waals surface area contributed by atoms with Crippen molar-refractivity contribution in [3.8, 4) is 11.5 Å². The van der Waals surface area contributed by atoms with E-state index in [1.165, 1.54) is 6.07 Å². The van der Waals surface area contributed by atoms with Gasteiger partial charge in [-0.3, -0.25) is 4.99 Å². The number of nitrogens with one attached hydrogen (secondary N) is 2. The van der Waals surface area contributed by atoms with Crippen LogP contribution in [0, 0.1) is 5.82 Å². The van der Waals surface area contributed by atoms with Crippen LogP contribution in [0.2, 0.25) is 0 Å². The minimum absolute atomic E-state index is 0.183. The Balaban J connectivity index is 1.49. The first-order valence-electron chi connectivity index (χ1n) is 10.9. The molecule has 31 heavy (non-hydrogen) atoms. The highest BCUT2D eigenvalue weighted by Gasteiger charge is 2.25. The number of guanidine groups is 1. The van der Waals surface area contributed by atoms with Crippen molar-refractivity contribution in [2.75, 3.05) is 44.8 Å². The average Bonchev–Trinajstić information content (AvgIpc) is 3.23. The van der Waals surface area contributed by atoms with E-state index in [2.05, 4.69) is 26.7 Å². The smallest absolute Gasteiger partial charge is 0.191 e. The molecular weight excluding hydrogens is 397 g/mol. The van der Waals surface area contributed by atoms with Crippen molar-refractivity contribution in [1.82, 2.24) is 15.6 Å².